The van der Waals surface area contributed by atoms with Crippen LogP contribution >= 0.6 is 38.5 Å². The first kappa shape index (κ1) is 14.6. The van der Waals surface area contributed by atoms with Crippen molar-refractivity contribution in [2.75, 3.05) is 5.73 Å². The van der Waals surface area contributed by atoms with Crippen LogP contribution in [0, 0.1) is 9.39 Å². The standard InChI is InChI=1S/C13H12BrFIN3/c1-2-3-10-11(16)12(17)19-13(18-10)8-6-7(15)4-5-9(8)14/h4-6H,2-3H2,1H3,(H2,17,18,19). The third-order valence-corrected chi connectivity index (χ3v) is 4.47. The highest BCUT2D eigenvalue weighted by Gasteiger charge is 2.13. The lowest BCUT2D eigenvalue weighted by atomic mass is 10.2. The van der Waals surface area contributed by atoms with E-state index in [9.17, 15) is 4.39 Å². The second-order valence-corrected chi connectivity index (χ2v) is 6.00. The van der Waals surface area contributed by atoms with Crippen LogP contribution in [0.5, 0.6) is 0 Å². The quantitative estimate of drug-likeness (QED) is 0.735. The molecule has 6 heteroatoms. The number of nitrogens with two attached hydrogens (primary N) is 1. The highest BCUT2D eigenvalue weighted by Crippen LogP contribution is 2.29. The monoisotopic (exact) mass is 435 g/mol. The lowest BCUT2D eigenvalue weighted by Crippen LogP contribution is -2.05. The van der Waals surface area contributed by atoms with Gasteiger partial charge in [0, 0.05) is 10.0 Å². The van der Waals surface area contributed by atoms with Gasteiger partial charge in [0.15, 0.2) is 5.82 Å². The van der Waals surface area contributed by atoms with E-state index in [1.54, 1.807) is 6.07 Å². The first-order chi connectivity index (χ1) is 9.02. The van der Waals surface area contributed by atoms with Gasteiger partial charge in [-0.2, -0.15) is 0 Å². The minimum Gasteiger partial charge on any atom is -0.383 e. The van der Waals surface area contributed by atoms with E-state index < -0.39 is 0 Å². The fourth-order valence-corrected chi connectivity index (χ4v) is 2.64. The number of nitrogen functional groups attached to an aromatic ring is 1. The van der Waals surface area contributed by atoms with Crippen molar-refractivity contribution in [1.82, 2.24) is 9.97 Å². The number of rotatable bonds is 3. The molecule has 0 aliphatic rings. The summed E-state index contributed by atoms with van der Waals surface area (Å²) in [5, 5.41) is 0. The molecular weight excluding hydrogens is 424 g/mol. The van der Waals surface area contributed by atoms with E-state index in [2.05, 4.69) is 55.4 Å². The Balaban J connectivity index is 2.59. The van der Waals surface area contributed by atoms with Crippen molar-refractivity contribution in [3.8, 4) is 11.4 Å². The third kappa shape index (κ3) is 3.22. The van der Waals surface area contributed by atoms with E-state index >= 15 is 0 Å². The Morgan fingerprint density at radius 3 is 2.79 bits per heavy atom. The molecule has 100 valence electrons. The summed E-state index contributed by atoms with van der Waals surface area (Å²) < 4.78 is 15.0. The first-order valence-electron chi connectivity index (χ1n) is 5.80. The smallest absolute Gasteiger partial charge is 0.163 e. The van der Waals surface area contributed by atoms with Gasteiger partial charge in [-0.1, -0.05) is 29.3 Å². The summed E-state index contributed by atoms with van der Waals surface area (Å²) in [4.78, 5) is 8.75. The van der Waals surface area contributed by atoms with Crippen molar-refractivity contribution >= 4 is 44.3 Å². The maximum Gasteiger partial charge on any atom is 0.163 e. The number of benzene rings is 1. The fraction of sp³-hybridized carbons (Fsp3) is 0.231. The number of halogens is 3. The van der Waals surface area contributed by atoms with Crippen molar-refractivity contribution < 1.29 is 4.39 Å². The summed E-state index contributed by atoms with van der Waals surface area (Å²) in [6, 6.07) is 4.43. The molecule has 0 amide bonds. The Labute approximate surface area is 133 Å². The van der Waals surface area contributed by atoms with Gasteiger partial charge < -0.3 is 5.73 Å². The molecule has 0 saturated heterocycles. The molecule has 2 aromatic rings. The van der Waals surface area contributed by atoms with E-state index in [-0.39, 0.29) is 5.82 Å². The van der Waals surface area contributed by atoms with Crippen LogP contribution < -0.4 is 5.73 Å². The Bertz CT molecular complexity index is 619. The average molecular weight is 436 g/mol. The van der Waals surface area contributed by atoms with E-state index in [0.717, 1.165) is 26.6 Å². The molecule has 1 aromatic carbocycles. The van der Waals surface area contributed by atoms with Crippen molar-refractivity contribution in [3.05, 3.63) is 37.8 Å². The van der Waals surface area contributed by atoms with Gasteiger partial charge in [-0.15, -0.1) is 0 Å². The Morgan fingerprint density at radius 1 is 1.37 bits per heavy atom. The number of nitrogens with zero attached hydrogens (tertiary/aromatic N) is 2. The molecule has 2 rings (SSSR count). The zero-order valence-corrected chi connectivity index (χ0v) is 14.0. The molecular formula is C13H12BrFIN3. The average Bonchev–Trinajstić information content (AvgIpc) is 2.38. The number of anilines is 1. The van der Waals surface area contributed by atoms with Gasteiger partial charge in [-0.25, -0.2) is 14.4 Å². The van der Waals surface area contributed by atoms with Gasteiger partial charge >= 0.3 is 0 Å². The predicted octanol–water partition coefficient (Wildman–Crippen LogP) is 4.18. The van der Waals surface area contributed by atoms with Crippen molar-refractivity contribution in [2.45, 2.75) is 19.8 Å². The van der Waals surface area contributed by atoms with E-state index in [1.165, 1.54) is 12.1 Å². The van der Waals surface area contributed by atoms with Crippen LogP contribution in [0.25, 0.3) is 11.4 Å². The summed E-state index contributed by atoms with van der Waals surface area (Å²) in [6.45, 7) is 2.08. The third-order valence-electron chi connectivity index (χ3n) is 2.60. The minimum absolute atomic E-state index is 0.323. The lowest BCUT2D eigenvalue weighted by Gasteiger charge is -2.09. The molecule has 0 atom stereocenters. The summed E-state index contributed by atoms with van der Waals surface area (Å²) >= 11 is 5.53. The normalized spacial score (nSPS) is 10.7. The molecule has 2 N–H and O–H groups in total. The van der Waals surface area contributed by atoms with Crippen molar-refractivity contribution in [3.63, 3.8) is 0 Å². The minimum atomic E-state index is -0.323. The molecule has 0 spiro atoms. The first-order valence-corrected chi connectivity index (χ1v) is 7.67. The molecule has 1 aromatic heterocycles. The molecule has 19 heavy (non-hydrogen) atoms. The Morgan fingerprint density at radius 2 is 2.11 bits per heavy atom. The molecule has 0 aliphatic heterocycles. The summed E-state index contributed by atoms with van der Waals surface area (Å²) in [6.07, 6.45) is 1.79. The maximum absolute atomic E-state index is 13.4. The molecule has 0 aliphatic carbocycles. The second-order valence-electron chi connectivity index (χ2n) is 4.07. The highest BCUT2D eigenvalue weighted by atomic mass is 127. The van der Waals surface area contributed by atoms with Crippen LogP contribution in [0.15, 0.2) is 22.7 Å². The van der Waals surface area contributed by atoms with Crippen LogP contribution in [-0.2, 0) is 6.42 Å². The molecule has 0 bridgehead atoms. The van der Waals surface area contributed by atoms with Crippen molar-refractivity contribution in [1.29, 1.82) is 0 Å². The topological polar surface area (TPSA) is 51.8 Å². The zero-order chi connectivity index (χ0) is 14.0. The van der Waals surface area contributed by atoms with Gasteiger partial charge in [0.1, 0.15) is 11.6 Å². The summed E-state index contributed by atoms with van der Waals surface area (Å²) in [5.41, 5.74) is 7.43. The van der Waals surface area contributed by atoms with Crippen LogP contribution in [0.3, 0.4) is 0 Å². The Kier molecular flexibility index (Phi) is 4.72. The molecule has 0 fully saturated rings. The van der Waals surface area contributed by atoms with Crippen LogP contribution in [0.1, 0.15) is 19.0 Å². The number of hydrogen-bond donors (Lipinski definition) is 1. The molecule has 1 heterocycles. The van der Waals surface area contributed by atoms with Gasteiger partial charge in [-0.05, 0) is 47.2 Å². The van der Waals surface area contributed by atoms with Crippen LogP contribution in [-0.4, -0.2) is 9.97 Å². The van der Waals surface area contributed by atoms with E-state index in [4.69, 9.17) is 5.73 Å². The molecule has 0 radical (unpaired) electrons. The van der Waals surface area contributed by atoms with Gasteiger partial charge in [-0.3, -0.25) is 0 Å². The van der Waals surface area contributed by atoms with Gasteiger partial charge in [0.05, 0.1) is 9.26 Å². The number of aromatic nitrogens is 2. The van der Waals surface area contributed by atoms with E-state index in [1.807, 2.05) is 0 Å². The second kappa shape index (κ2) is 6.13. The maximum atomic E-state index is 13.4. The highest BCUT2D eigenvalue weighted by molar-refractivity contribution is 14.1. The lowest BCUT2D eigenvalue weighted by molar-refractivity contribution is 0.628. The summed E-state index contributed by atoms with van der Waals surface area (Å²) in [7, 11) is 0. The van der Waals surface area contributed by atoms with Gasteiger partial charge in [0.25, 0.3) is 0 Å². The van der Waals surface area contributed by atoms with Gasteiger partial charge in [0.2, 0.25) is 0 Å². The number of hydrogen-bond acceptors (Lipinski definition) is 3. The largest absolute Gasteiger partial charge is 0.383 e. The van der Waals surface area contributed by atoms with Crippen LogP contribution in [0.4, 0.5) is 10.2 Å². The predicted molar refractivity (Wildman–Crippen MR) is 86.3 cm³/mol. The SMILES string of the molecule is CCCc1nc(-c2cc(F)ccc2Br)nc(N)c1I. The molecule has 0 unspecified atom stereocenters. The van der Waals surface area contributed by atoms with E-state index in [0.29, 0.717) is 17.2 Å². The van der Waals surface area contributed by atoms with Crippen LogP contribution in [0.2, 0.25) is 0 Å². The fourth-order valence-electron chi connectivity index (χ4n) is 1.70. The summed E-state index contributed by atoms with van der Waals surface area (Å²) in [5.74, 6) is 0.564. The zero-order valence-electron chi connectivity index (χ0n) is 10.3. The molecule has 3 nitrogen and oxygen atoms in total. The Hall–Kier alpha value is -0.760. The number of aryl methyl sites for hydroxylation is 1. The molecule has 0 saturated carbocycles. The van der Waals surface area contributed by atoms with Crippen molar-refractivity contribution in [2.24, 2.45) is 0 Å².